The van der Waals surface area contributed by atoms with Gasteiger partial charge in [-0.1, -0.05) is 6.07 Å². The van der Waals surface area contributed by atoms with Gasteiger partial charge in [-0.15, -0.1) is 0 Å². The number of halogens is 2. The molecule has 1 aliphatic heterocycles. The molecule has 2 aromatic carbocycles. The van der Waals surface area contributed by atoms with E-state index >= 15 is 0 Å². The number of rotatable bonds is 3. The van der Waals surface area contributed by atoms with Gasteiger partial charge in [-0.05, 0) is 24.3 Å². The fourth-order valence-electron chi connectivity index (χ4n) is 3.16. The van der Waals surface area contributed by atoms with Gasteiger partial charge in [0.15, 0.2) is 5.88 Å². The van der Waals surface area contributed by atoms with Gasteiger partial charge < -0.3 is 20.3 Å². The summed E-state index contributed by atoms with van der Waals surface area (Å²) in [6, 6.07) is 8.85. The van der Waals surface area contributed by atoms with Crippen LogP contribution in [0.2, 0.25) is 0 Å². The van der Waals surface area contributed by atoms with Gasteiger partial charge >= 0.3 is 0 Å². The Morgan fingerprint density at radius 2 is 2.04 bits per heavy atom. The van der Waals surface area contributed by atoms with E-state index in [2.05, 4.69) is 15.3 Å². The summed E-state index contributed by atoms with van der Waals surface area (Å²) in [5.74, 6) is -1.36. The van der Waals surface area contributed by atoms with Gasteiger partial charge in [0.25, 0.3) is 0 Å². The Bertz CT molecular complexity index is 1060. The molecule has 1 aliphatic rings. The van der Waals surface area contributed by atoms with E-state index in [0.717, 1.165) is 0 Å². The largest absolute Gasteiger partial charge is 0.494 e. The standard InChI is InChI=1S/C19H16F2N4O2/c20-13-2-1-3-15-18(13)12(19(27)24-15)9-23-11-4-5-16(14(21)8-11)25-7-6-22-17(26)10-25/h1-5,8-9,24,27H,6-7,10H2,(H,22,26). The third-order valence-corrected chi connectivity index (χ3v) is 4.44. The molecule has 0 aliphatic carbocycles. The Hall–Kier alpha value is -3.42. The molecule has 0 unspecified atom stereocenters. The minimum atomic E-state index is -0.506. The minimum absolute atomic E-state index is 0.0992. The molecule has 1 aromatic heterocycles. The molecule has 0 bridgehead atoms. The second-order valence-corrected chi connectivity index (χ2v) is 6.22. The number of nitrogens with one attached hydrogen (secondary N) is 2. The Morgan fingerprint density at radius 1 is 1.19 bits per heavy atom. The van der Waals surface area contributed by atoms with Crippen LogP contribution in [-0.4, -0.2) is 41.8 Å². The highest BCUT2D eigenvalue weighted by Crippen LogP contribution is 2.29. The van der Waals surface area contributed by atoms with Crippen LogP contribution in [0.1, 0.15) is 5.56 Å². The minimum Gasteiger partial charge on any atom is -0.494 e. The number of aliphatic imine (C=N–C) groups is 1. The zero-order chi connectivity index (χ0) is 19.0. The quantitative estimate of drug-likeness (QED) is 0.620. The number of nitrogens with zero attached hydrogens (tertiary/aromatic N) is 2. The summed E-state index contributed by atoms with van der Waals surface area (Å²) < 4.78 is 28.5. The second-order valence-electron chi connectivity index (χ2n) is 6.22. The van der Waals surface area contributed by atoms with E-state index < -0.39 is 11.6 Å². The Balaban J connectivity index is 1.63. The number of aromatic amines is 1. The first-order valence-electron chi connectivity index (χ1n) is 8.37. The molecule has 0 radical (unpaired) electrons. The van der Waals surface area contributed by atoms with Crippen LogP contribution < -0.4 is 10.2 Å². The van der Waals surface area contributed by atoms with E-state index in [0.29, 0.717) is 30.0 Å². The Labute approximate surface area is 153 Å². The second kappa shape index (κ2) is 6.71. The van der Waals surface area contributed by atoms with Crippen LogP contribution in [0.25, 0.3) is 10.9 Å². The SMILES string of the molecule is O=C1CN(c2ccc(N=Cc3c(O)[nH]c4cccc(F)c34)cc2F)CCN1. The fourth-order valence-corrected chi connectivity index (χ4v) is 3.16. The van der Waals surface area contributed by atoms with Crippen LogP contribution >= 0.6 is 0 Å². The van der Waals surface area contributed by atoms with Crippen LogP contribution in [-0.2, 0) is 4.79 Å². The van der Waals surface area contributed by atoms with Gasteiger partial charge in [0.2, 0.25) is 5.91 Å². The molecule has 3 N–H and O–H groups in total. The summed E-state index contributed by atoms with van der Waals surface area (Å²) in [7, 11) is 0. The molecule has 0 saturated carbocycles. The molecular weight excluding hydrogens is 354 g/mol. The third-order valence-electron chi connectivity index (χ3n) is 4.44. The normalized spacial score (nSPS) is 14.9. The van der Waals surface area contributed by atoms with Crippen molar-refractivity contribution in [1.82, 2.24) is 10.3 Å². The van der Waals surface area contributed by atoms with Crippen molar-refractivity contribution in [2.75, 3.05) is 24.5 Å². The van der Waals surface area contributed by atoms with E-state index in [1.54, 1.807) is 23.1 Å². The number of hydrogen-bond acceptors (Lipinski definition) is 4. The summed E-state index contributed by atoms with van der Waals surface area (Å²) in [5, 5.41) is 12.9. The number of hydrogen-bond donors (Lipinski definition) is 3. The number of piperazine rings is 1. The molecule has 138 valence electrons. The summed E-state index contributed by atoms with van der Waals surface area (Å²) in [4.78, 5) is 20.0. The number of carbonyl (C=O) groups is 1. The van der Waals surface area contributed by atoms with Gasteiger partial charge in [-0.3, -0.25) is 9.79 Å². The molecule has 0 spiro atoms. The Kier molecular flexibility index (Phi) is 4.23. The van der Waals surface area contributed by atoms with Gasteiger partial charge in [-0.25, -0.2) is 8.78 Å². The summed E-state index contributed by atoms with van der Waals surface area (Å²) in [5.41, 5.74) is 1.27. The molecule has 1 saturated heterocycles. The van der Waals surface area contributed by atoms with Gasteiger partial charge in [-0.2, -0.15) is 0 Å². The van der Waals surface area contributed by atoms with E-state index in [9.17, 15) is 18.7 Å². The predicted octanol–water partition coefficient (Wildman–Crippen LogP) is 2.84. The van der Waals surface area contributed by atoms with Crippen LogP contribution in [0.4, 0.5) is 20.2 Å². The van der Waals surface area contributed by atoms with Gasteiger partial charge in [0.05, 0.1) is 29.0 Å². The van der Waals surface area contributed by atoms with Crippen molar-refractivity contribution in [3.63, 3.8) is 0 Å². The molecule has 0 atom stereocenters. The lowest BCUT2D eigenvalue weighted by Gasteiger charge is -2.28. The van der Waals surface area contributed by atoms with E-state index in [1.165, 1.54) is 24.4 Å². The average Bonchev–Trinajstić information content (AvgIpc) is 2.96. The number of aromatic nitrogens is 1. The molecule has 27 heavy (non-hydrogen) atoms. The van der Waals surface area contributed by atoms with Gasteiger partial charge in [0.1, 0.15) is 11.6 Å². The Morgan fingerprint density at radius 3 is 2.81 bits per heavy atom. The van der Waals surface area contributed by atoms with Crippen molar-refractivity contribution in [2.45, 2.75) is 0 Å². The van der Waals surface area contributed by atoms with Crippen LogP contribution in [0.5, 0.6) is 5.88 Å². The monoisotopic (exact) mass is 370 g/mol. The average molecular weight is 370 g/mol. The topological polar surface area (TPSA) is 80.7 Å². The molecule has 2 heterocycles. The number of fused-ring (bicyclic) bond motifs is 1. The number of anilines is 1. The van der Waals surface area contributed by atoms with Crippen molar-refractivity contribution in [1.29, 1.82) is 0 Å². The smallest absolute Gasteiger partial charge is 0.239 e. The van der Waals surface area contributed by atoms with Crippen molar-refractivity contribution >= 4 is 34.4 Å². The van der Waals surface area contributed by atoms with Crippen molar-refractivity contribution in [3.05, 3.63) is 53.6 Å². The molecule has 1 amide bonds. The summed E-state index contributed by atoms with van der Waals surface area (Å²) >= 11 is 0. The lowest BCUT2D eigenvalue weighted by molar-refractivity contribution is -0.120. The predicted molar refractivity (Wildman–Crippen MR) is 98.8 cm³/mol. The fraction of sp³-hybridized carbons (Fsp3) is 0.158. The van der Waals surface area contributed by atoms with E-state index in [-0.39, 0.29) is 29.3 Å². The molecule has 3 aromatic rings. The molecule has 6 nitrogen and oxygen atoms in total. The van der Waals surface area contributed by atoms with Crippen molar-refractivity contribution in [2.24, 2.45) is 4.99 Å². The summed E-state index contributed by atoms with van der Waals surface area (Å²) in [6.07, 6.45) is 1.29. The van der Waals surface area contributed by atoms with Crippen LogP contribution in [0, 0.1) is 11.6 Å². The zero-order valence-corrected chi connectivity index (χ0v) is 14.2. The summed E-state index contributed by atoms with van der Waals surface area (Å²) in [6.45, 7) is 1.08. The maximum atomic E-state index is 14.5. The number of benzene rings is 2. The van der Waals surface area contributed by atoms with E-state index in [4.69, 9.17) is 0 Å². The van der Waals surface area contributed by atoms with Crippen molar-refractivity contribution in [3.8, 4) is 5.88 Å². The van der Waals surface area contributed by atoms with Gasteiger partial charge in [0, 0.05) is 30.8 Å². The van der Waals surface area contributed by atoms with Crippen molar-refractivity contribution < 1.29 is 18.7 Å². The van der Waals surface area contributed by atoms with E-state index in [1.807, 2.05) is 0 Å². The number of amides is 1. The number of carbonyl (C=O) groups excluding carboxylic acids is 1. The maximum Gasteiger partial charge on any atom is 0.239 e. The molecule has 1 fully saturated rings. The molecular formula is C19H16F2N4O2. The highest BCUT2D eigenvalue weighted by atomic mass is 19.1. The zero-order valence-electron chi connectivity index (χ0n) is 14.2. The number of H-pyrrole nitrogens is 1. The maximum absolute atomic E-state index is 14.5. The number of aromatic hydroxyl groups is 1. The third kappa shape index (κ3) is 3.21. The first-order valence-corrected chi connectivity index (χ1v) is 8.37. The molecule has 4 rings (SSSR count). The van der Waals surface area contributed by atoms with Crippen LogP contribution in [0.15, 0.2) is 41.4 Å². The lowest BCUT2D eigenvalue weighted by atomic mass is 10.1. The highest BCUT2D eigenvalue weighted by Gasteiger charge is 2.19. The first-order chi connectivity index (χ1) is 13.0. The molecule has 8 heteroatoms. The first kappa shape index (κ1) is 17.0. The van der Waals surface area contributed by atoms with Crippen LogP contribution in [0.3, 0.4) is 0 Å². The highest BCUT2D eigenvalue weighted by molar-refractivity contribution is 6.02. The lowest BCUT2D eigenvalue weighted by Crippen LogP contribution is -2.48.